The van der Waals surface area contributed by atoms with Crippen LogP contribution in [-0.2, 0) is 40.0 Å². The number of carbonyl (C=O) groups excluding carboxylic acids is 6. The molecule has 0 bridgehead atoms. The van der Waals surface area contributed by atoms with Gasteiger partial charge in [-0.3, -0.25) is 34.3 Å². The number of hydrogen-bond donors (Lipinski definition) is 10. The van der Waals surface area contributed by atoms with E-state index in [0.717, 1.165) is 11.8 Å². The summed E-state index contributed by atoms with van der Waals surface area (Å²) in [6, 6.07) is -0.499. The van der Waals surface area contributed by atoms with Gasteiger partial charge in [-0.15, -0.1) is 0 Å². The van der Waals surface area contributed by atoms with Gasteiger partial charge in [0.05, 0.1) is 18.9 Å². The van der Waals surface area contributed by atoms with Crippen LogP contribution in [0.15, 0.2) is 35.3 Å². The summed E-state index contributed by atoms with van der Waals surface area (Å²) in [4.78, 5) is 107. The van der Waals surface area contributed by atoms with Gasteiger partial charge in [0.15, 0.2) is 5.96 Å². The minimum Gasteiger partial charge on any atom is -0.480 e. The molecule has 50 heavy (non-hydrogen) atoms. The number of aliphatic hydroxyl groups excluding tert-OH is 1. The summed E-state index contributed by atoms with van der Waals surface area (Å²) in [5.74, 6) is -8.60. The van der Waals surface area contributed by atoms with E-state index < -0.39 is 96.7 Å². The number of urea groups is 1. The monoisotopic (exact) mass is 705 g/mol. The first-order valence-corrected chi connectivity index (χ1v) is 15.5. The molecule has 0 radical (unpaired) electrons. The van der Waals surface area contributed by atoms with Gasteiger partial charge in [0.1, 0.15) is 30.2 Å². The minimum absolute atomic E-state index is 0.0401. The molecule has 2 rings (SSSR count). The van der Waals surface area contributed by atoms with Crippen LogP contribution in [0.1, 0.15) is 38.2 Å². The number of carbonyl (C=O) groups is 8. The number of amides is 7. The molecule has 1 saturated heterocycles. The molecule has 1 fully saturated rings. The molecule has 0 saturated carbocycles. The number of aliphatic hydroxyl groups is 1. The van der Waals surface area contributed by atoms with Gasteiger partial charge < -0.3 is 52.5 Å². The zero-order chi connectivity index (χ0) is 37.5. The molecule has 0 aromatic heterocycles. The number of aliphatic imine (C=N–C) groups is 1. The second-order valence-electron chi connectivity index (χ2n) is 11.4. The quantitative estimate of drug-likeness (QED) is 0.0676. The number of aliphatic carboxylic acids is 2. The third-order valence-corrected chi connectivity index (χ3v) is 7.51. The number of nitrogens with one attached hydrogen (secondary N) is 6. The fourth-order valence-corrected chi connectivity index (χ4v) is 4.80. The number of benzene rings is 1. The second-order valence-corrected chi connectivity index (χ2v) is 11.4. The molecular weight excluding hydrogens is 662 g/mol. The van der Waals surface area contributed by atoms with Crippen molar-refractivity contribution in [3.63, 3.8) is 0 Å². The maximum absolute atomic E-state index is 14.0. The Bertz CT molecular complexity index is 1450. The van der Waals surface area contributed by atoms with Crippen LogP contribution in [0, 0.1) is 0 Å². The van der Waals surface area contributed by atoms with Crippen LogP contribution in [0.2, 0.25) is 0 Å². The van der Waals surface area contributed by atoms with Gasteiger partial charge in [-0.1, -0.05) is 30.3 Å². The van der Waals surface area contributed by atoms with Crippen molar-refractivity contribution in [1.82, 2.24) is 36.8 Å². The van der Waals surface area contributed by atoms with Crippen molar-refractivity contribution in [2.75, 3.05) is 20.6 Å². The van der Waals surface area contributed by atoms with Crippen molar-refractivity contribution in [2.45, 2.75) is 75.3 Å². The van der Waals surface area contributed by atoms with Crippen LogP contribution < -0.4 is 37.6 Å². The van der Waals surface area contributed by atoms with Gasteiger partial charge in [0.25, 0.3) is 0 Å². The summed E-state index contributed by atoms with van der Waals surface area (Å²) in [6.07, 6.45) is -3.59. The molecule has 11 N–H and O–H groups in total. The van der Waals surface area contributed by atoms with Crippen LogP contribution in [0.3, 0.4) is 0 Å². The number of nitrogens with two attached hydrogens (primary N) is 1. The molecule has 20 heteroatoms. The van der Waals surface area contributed by atoms with Crippen LogP contribution >= 0.6 is 0 Å². The summed E-state index contributed by atoms with van der Waals surface area (Å²) >= 11 is 0. The van der Waals surface area contributed by atoms with Crippen molar-refractivity contribution in [3.8, 4) is 0 Å². The summed E-state index contributed by atoms with van der Waals surface area (Å²) in [7, 11) is 2.61. The largest absolute Gasteiger partial charge is 0.480 e. The zero-order valence-corrected chi connectivity index (χ0v) is 27.7. The second kappa shape index (κ2) is 19.3. The average Bonchev–Trinajstić information content (AvgIpc) is 3.05. The number of nitrogens with zero attached hydrogens (tertiary/aromatic N) is 2. The molecule has 0 aliphatic carbocycles. The van der Waals surface area contributed by atoms with Gasteiger partial charge >= 0.3 is 18.0 Å². The van der Waals surface area contributed by atoms with E-state index in [0.29, 0.717) is 5.56 Å². The van der Waals surface area contributed by atoms with Crippen LogP contribution in [0.5, 0.6) is 0 Å². The smallest absolute Gasteiger partial charge is 0.326 e. The van der Waals surface area contributed by atoms with E-state index in [4.69, 9.17) is 5.73 Å². The van der Waals surface area contributed by atoms with E-state index in [1.807, 2.05) is 5.32 Å². The Kier molecular flexibility index (Phi) is 15.6. The first-order chi connectivity index (χ1) is 23.5. The number of rotatable bonds is 9. The highest BCUT2D eigenvalue weighted by molar-refractivity contribution is 5.97. The maximum Gasteiger partial charge on any atom is 0.326 e. The average molecular weight is 706 g/mol. The van der Waals surface area contributed by atoms with E-state index in [1.54, 1.807) is 30.3 Å². The molecule has 20 nitrogen and oxygen atoms in total. The normalized spacial score (nSPS) is 23.7. The molecular formula is C30H43N9O11. The van der Waals surface area contributed by atoms with E-state index >= 15 is 0 Å². The number of likely N-dealkylation sites (N-methyl/N-ethyl adjacent to an activating group) is 1. The highest BCUT2D eigenvalue weighted by atomic mass is 16.4. The molecule has 1 aliphatic heterocycles. The lowest BCUT2D eigenvalue weighted by Gasteiger charge is -2.32. The van der Waals surface area contributed by atoms with Crippen molar-refractivity contribution in [2.24, 2.45) is 10.7 Å². The van der Waals surface area contributed by atoms with Crippen LogP contribution in [0.4, 0.5) is 4.79 Å². The standard InChI is InChI=1S/C30H43N9O11/c1-15(40)23-25(44)35-17(10-7-11-33-29(31)38-30(50)32-2)26(45)39(3)20(12-16-8-5-4-6-9-16)24(43)36-19(28(48)49)14-21(41)34-18(27(46)47)13-22(42)37-23/h4-6,8-9,15,17-20,23,40H,7,10-14H2,1-3H3,(H,34,41)(H,35,44)(H,36,43)(H,37,42)(H,46,47)(H,48,49)(H4,31,32,33,38,50)/t15-,17?,18-,19-,20?,23?/m0/s1. The van der Waals surface area contributed by atoms with Gasteiger partial charge in [0.2, 0.25) is 29.5 Å². The highest BCUT2D eigenvalue weighted by Crippen LogP contribution is 2.14. The third-order valence-electron chi connectivity index (χ3n) is 7.51. The molecule has 0 spiro atoms. The highest BCUT2D eigenvalue weighted by Gasteiger charge is 2.37. The van der Waals surface area contributed by atoms with E-state index in [-0.39, 0.29) is 31.8 Å². The Morgan fingerprint density at radius 1 is 0.940 bits per heavy atom. The predicted molar refractivity (Wildman–Crippen MR) is 174 cm³/mol. The Balaban J connectivity index is 2.58. The Labute approximate surface area is 286 Å². The fourth-order valence-electron chi connectivity index (χ4n) is 4.80. The topological polar surface area (TPSA) is 311 Å². The summed E-state index contributed by atoms with van der Waals surface area (Å²) in [6.45, 7) is 1.12. The molecule has 7 amide bonds. The summed E-state index contributed by atoms with van der Waals surface area (Å²) in [5, 5.41) is 43.3. The summed E-state index contributed by atoms with van der Waals surface area (Å²) in [5.41, 5.74) is 6.24. The third kappa shape index (κ3) is 12.7. The lowest BCUT2D eigenvalue weighted by atomic mass is 10.0. The Morgan fingerprint density at radius 3 is 2.08 bits per heavy atom. The van der Waals surface area contributed by atoms with Gasteiger partial charge in [-0.05, 0) is 25.3 Å². The minimum atomic E-state index is -1.88. The molecule has 274 valence electrons. The lowest BCUT2D eigenvalue weighted by Crippen LogP contribution is -2.60. The molecule has 1 aromatic carbocycles. The van der Waals surface area contributed by atoms with Crippen LogP contribution in [-0.4, -0.2) is 131 Å². The number of hydrogen-bond acceptors (Lipinski definition) is 10. The first-order valence-electron chi connectivity index (χ1n) is 15.5. The van der Waals surface area contributed by atoms with Gasteiger partial charge in [-0.25, -0.2) is 14.4 Å². The SMILES string of the molecule is CNC(=O)NC(N)=NCCCC1NC(=O)C([C@H](C)O)NC(=O)C[C@@H](C(=O)O)NC(=O)C[C@@H](C(=O)O)NC(=O)C(Cc2ccccc2)N(C)C1=O. The number of carboxylic acid groups (broad SMARTS) is 2. The van der Waals surface area contributed by atoms with E-state index in [1.165, 1.54) is 14.1 Å². The van der Waals surface area contributed by atoms with Gasteiger partial charge in [0, 0.05) is 27.1 Å². The molecule has 1 aromatic rings. The van der Waals surface area contributed by atoms with Crippen LogP contribution in [0.25, 0.3) is 0 Å². The maximum atomic E-state index is 14.0. The summed E-state index contributed by atoms with van der Waals surface area (Å²) < 4.78 is 0. The zero-order valence-electron chi connectivity index (χ0n) is 27.7. The van der Waals surface area contributed by atoms with Crippen molar-refractivity contribution >= 4 is 53.5 Å². The Hall–Kier alpha value is -5.79. The lowest BCUT2D eigenvalue weighted by molar-refractivity contribution is -0.147. The molecule has 1 aliphatic rings. The number of guanidine groups is 1. The van der Waals surface area contributed by atoms with Crippen molar-refractivity contribution in [3.05, 3.63) is 35.9 Å². The predicted octanol–water partition coefficient (Wildman–Crippen LogP) is -3.64. The fraction of sp³-hybridized carbons (Fsp3) is 0.500. The van der Waals surface area contributed by atoms with E-state index in [9.17, 15) is 53.7 Å². The van der Waals surface area contributed by atoms with Crippen molar-refractivity contribution < 1.29 is 53.7 Å². The number of carboxylic acids is 2. The molecule has 1 heterocycles. The first kappa shape index (κ1) is 40.4. The van der Waals surface area contributed by atoms with Crippen molar-refractivity contribution in [1.29, 1.82) is 0 Å². The van der Waals surface area contributed by atoms with Gasteiger partial charge in [-0.2, -0.15) is 0 Å². The molecule has 6 atom stereocenters. The molecule has 3 unspecified atom stereocenters. The van der Waals surface area contributed by atoms with E-state index in [2.05, 4.69) is 31.6 Å². The Morgan fingerprint density at radius 2 is 1.52 bits per heavy atom.